The lowest BCUT2D eigenvalue weighted by atomic mass is 10.0. The van der Waals surface area contributed by atoms with Crippen molar-refractivity contribution in [3.63, 3.8) is 0 Å². The van der Waals surface area contributed by atoms with Gasteiger partial charge in [0, 0.05) is 17.0 Å². The third-order valence-corrected chi connectivity index (χ3v) is 6.41. The first-order chi connectivity index (χ1) is 15.0. The van der Waals surface area contributed by atoms with Gasteiger partial charge in [-0.25, -0.2) is 0 Å². The summed E-state index contributed by atoms with van der Waals surface area (Å²) < 4.78 is 7.58. The molecule has 3 heterocycles. The molecule has 0 spiro atoms. The fourth-order valence-corrected chi connectivity index (χ4v) is 4.55. The summed E-state index contributed by atoms with van der Waals surface area (Å²) in [6.07, 6.45) is 3.77. The number of thiazole rings is 1. The summed E-state index contributed by atoms with van der Waals surface area (Å²) in [7, 11) is 0. The van der Waals surface area contributed by atoms with Gasteiger partial charge in [0.05, 0.1) is 4.53 Å². The highest BCUT2D eigenvalue weighted by atomic mass is 35.5. The fourth-order valence-electron chi connectivity index (χ4n) is 3.45. The number of hydrogen-bond donors (Lipinski definition) is 0. The smallest absolute Gasteiger partial charge is 0.296 e. The topological polar surface area (TPSA) is 73.6 Å². The molecule has 31 heavy (non-hydrogen) atoms. The number of ether oxygens (including phenoxy) is 1. The molecule has 0 saturated heterocycles. The van der Waals surface area contributed by atoms with Crippen molar-refractivity contribution in [2.24, 2.45) is 0 Å². The van der Waals surface area contributed by atoms with Gasteiger partial charge in [0.2, 0.25) is 4.96 Å². The largest absolute Gasteiger partial charge is 0.485 e. The maximum Gasteiger partial charge on any atom is 0.296 e. The van der Waals surface area contributed by atoms with E-state index in [1.165, 1.54) is 4.52 Å². The third kappa shape index (κ3) is 3.66. The minimum Gasteiger partial charge on any atom is -0.485 e. The number of benzene rings is 2. The summed E-state index contributed by atoms with van der Waals surface area (Å²) in [6, 6.07) is 14.9. The van der Waals surface area contributed by atoms with E-state index in [-0.39, 0.29) is 28.7 Å². The molecule has 2 aromatic heterocycles. The van der Waals surface area contributed by atoms with Gasteiger partial charge in [0.25, 0.3) is 11.1 Å². The second-order valence-corrected chi connectivity index (χ2v) is 8.60. The van der Waals surface area contributed by atoms with E-state index in [0.29, 0.717) is 9.55 Å². The van der Waals surface area contributed by atoms with E-state index < -0.39 is 5.56 Å². The van der Waals surface area contributed by atoms with Gasteiger partial charge in [0.1, 0.15) is 17.5 Å². The Labute approximate surface area is 185 Å². The lowest BCUT2D eigenvalue weighted by Crippen LogP contribution is -2.29. The number of rotatable bonds is 3. The van der Waals surface area contributed by atoms with Crippen LogP contribution in [-0.2, 0) is 6.42 Å². The Hall–Kier alpha value is -3.29. The van der Waals surface area contributed by atoms with Gasteiger partial charge in [-0.15, -0.1) is 0 Å². The number of hydrogen-bond acceptors (Lipinski definition) is 6. The highest BCUT2D eigenvalue weighted by Gasteiger charge is 2.18. The highest BCUT2D eigenvalue weighted by Crippen LogP contribution is 2.29. The van der Waals surface area contributed by atoms with Crippen LogP contribution in [0.3, 0.4) is 0 Å². The van der Waals surface area contributed by atoms with Crippen LogP contribution >= 0.6 is 22.9 Å². The van der Waals surface area contributed by atoms with E-state index in [2.05, 4.69) is 10.1 Å². The van der Waals surface area contributed by atoms with Gasteiger partial charge in [-0.05, 0) is 42.3 Å². The second kappa shape index (κ2) is 7.76. The van der Waals surface area contributed by atoms with Crippen LogP contribution in [0.4, 0.5) is 0 Å². The summed E-state index contributed by atoms with van der Waals surface area (Å²) in [6.45, 7) is 1.93. The molecule has 6 nitrogen and oxygen atoms in total. The predicted octanol–water partition coefficient (Wildman–Crippen LogP) is 3.12. The van der Waals surface area contributed by atoms with E-state index >= 15 is 0 Å². The van der Waals surface area contributed by atoms with E-state index in [1.54, 1.807) is 12.1 Å². The zero-order valence-electron chi connectivity index (χ0n) is 16.4. The van der Waals surface area contributed by atoms with E-state index in [0.717, 1.165) is 33.8 Å². The molecular formula is C23H16ClN3O3S. The van der Waals surface area contributed by atoms with Gasteiger partial charge in [-0.2, -0.15) is 14.6 Å². The minimum absolute atomic E-state index is 0.176. The van der Waals surface area contributed by atoms with Gasteiger partial charge in [-0.3, -0.25) is 9.59 Å². The molecular weight excluding hydrogens is 434 g/mol. The molecule has 4 aromatic rings. The standard InChI is InChI=1S/C23H16ClN3O3S/c1-13-16(10-15-7-3-5-9-19(15)30-13)12-20-22(29)27-23(31-20)25-21(28)18(26-27)11-14-6-2-4-8-17(14)24/h2-10,12-13H,11H2,1H3/t13-/m1/s1. The first-order valence-electron chi connectivity index (χ1n) is 9.65. The summed E-state index contributed by atoms with van der Waals surface area (Å²) >= 11 is 7.33. The molecule has 2 aromatic carbocycles. The van der Waals surface area contributed by atoms with Crippen molar-refractivity contribution < 1.29 is 4.74 Å². The van der Waals surface area contributed by atoms with Crippen molar-refractivity contribution in [2.75, 3.05) is 0 Å². The first kappa shape index (κ1) is 19.7. The fraction of sp³-hybridized carbons (Fsp3) is 0.130. The van der Waals surface area contributed by atoms with Crippen LogP contribution in [0, 0.1) is 0 Å². The molecule has 1 aliphatic heterocycles. The number of aromatic nitrogens is 3. The summed E-state index contributed by atoms with van der Waals surface area (Å²) in [5, 5.41) is 4.83. The Morgan fingerprint density at radius 1 is 1.16 bits per heavy atom. The van der Waals surface area contributed by atoms with Crippen LogP contribution < -0.4 is 20.4 Å². The van der Waals surface area contributed by atoms with Crippen molar-refractivity contribution in [3.8, 4) is 5.75 Å². The quantitative estimate of drug-likeness (QED) is 0.480. The van der Waals surface area contributed by atoms with Crippen LogP contribution in [0.5, 0.6) is 5.75 Å². The molecule has 0 saturated carbocycles. The van der Waals surface area contributed by atoms with Crippen LogP contribution in [0.25, 0.3) is 17.1 Å². The van der Waals surface area contributed by atoms with Crippen LogP contribution in [0.1, 0.15) is 23.7 Å². The van der Waals surface area contributed by atoms with Crippen molar-refractivity contribution in [1.82, 2.24) is 14.6 Å². The SMILES string of the molecule is C[C@H]1Oc2ccccc2C=C1C=c1sc2nc(=O)c(Cc3ccccc3Cl)nn2c1=O. The Morgan fingerprint density at radius 3 is 2.77 bits per heavy atom. The van der Waals surface area contributed by atoms with Gasteiger partial charge in [-0.1, -0.05) is 59.3 Å². The zero-order valence-corrected chi connectivity index (χ0v) is 18.0. The van der Waals surface area contributed by atoms with Crippen molar-refractivity contribution >= 4 is 40.1 Å². The normalized spacial score (nSPS) is 16.1. The van der Waals surface area contributed by atoms with E-state index in [1.807, 2.05) is 55.5 Å². The molecule has 0 N–H and O–H groups in total. The molecule has 0 amide bonds. The molecule has 0 aliphatic carbocycles. The monoisotopic (exact) mass is 449 g/mol. The Kier molecular flexibility index (Phi) is 4.92. The van der Waals surface area contributed by atoms with Crippen LogP contribution in [0.2, 0.25) is 5.02 Å². The predicted molar refractivity (Wildman–Crippen MR) is 122 cm³/mol. The molecule has 0 radical (unpaired) electrons. The maximum absolute atomic E-state index is 13.0. The molecule has 0 fully saturated rings. The van der Waals surface area contributed by atoms with Crippen LogP contribution in [-0.4, -0.2) is 20.7 Å². The molecule has 0 bridgehead atoms. The minimum atomic E-state index is -0.463. The Morgan fingerprint density at radius 2 is 1.94 bits per heavy atom. The van der Waals surface area contributed by atoms with Crippen molar-refractivity contribution in [3.05, 3.63) is 101 Å². The average molecular weight is 450 g/mol. The highest BCUT2D eigenvalue weighted by molar-refractivity contribution is 7.15. The number of halogens is 1. The van der Waals surface area contributed by atoms with Gasteiger partial charge >= 0.3 is 0 Å². The third-order valence-electron chi connectivity index (χ3n) is 5.08. The molecule has 0 unspecified atom stereocenters. The Balaban J connectivity index is 1.60. The average Bonchev–Trinajstić information content (AvgIpc) is 3.05. The van der Waals surface area contributed by atoms with Gasteiger partial charge in [0.15, 0.2) is 0 Å². The molecule has 154 valence electrons. The first-order valence-corrected chi connectivity index (χ1v) is 10.8. The summed E-state index contributed by atoms with van der Waals surface area (Å²) in [5.41, 5.74) is 1.96. The number of nitrogens with zero attached hydrogens (tertiary/aromatic N) is 3. The second-order valence-electron chi connectivity index (χ2n) is 7.18. The van der Waals surface area contributed by atoms with E-state index in [4.69, 9.17) is 16.3 Å². The molecule has 1 aliphatic rings. The molecule has 8 heteroatoms. The Bertz CT molecular complexity index is 1520. The van der Waals surface area contributed by atoms with Crippen molar-refractivity contribution in [2.45, 2.75) is 19.4 Å². The molecule has 5 rings (SSSR count). The van der Waals surface area contributed by atoms with Crippen molar-refractivity contribution in [1.29, 1.82) is 0 Å². The van der Waals surface area contributed by atoms with Crippen LogP contribution in [0.15, 0.2) is 63.7 Å². The molecule has 1 atom stereocenters. The number of fused-ring (bicyclic) bond motifs is 2. The van der Waals surface area contributed by atoms with E-state index in [9.17, 15) is 9.59 Å². The van der Waals surface area contributed by atoms with Gasteiger partial charge < -0.3 is 4.74 Å². The zero-order chi connectivity index (χ0) is 21.5. The lowest BCUT2D eigenvalue weighted by molar-refractivity contribution is 0.259. The lowest BCUT2D eigenvalue weighted by Gasteiger charge is -2.22. The number of para-hydroxylation sites is 1. The summed E-state index contributed by atoms with van der Waals surface area (Å²) in [4.78, 5) is 29.8. The summed E-state index contributed by atoms with van der Waals surface area (Å²) in [5.74, 6) is 0.809. The maximum atomic E-state index is 13.0.